The van der Waals surface area contributed by atoms with E-state index >= 15 is 0 Å². The number of carboxylic acid groups (broad SMARTS) is 1. The molecule has 2 nitrogen and oxygen atoms in total. The van der Waals surface area contributed by atoms with Gasteiger partial charge in [-0.1, -0.05) is 20.3 Å². The van der Waals surface area contributed by atoms with Gasteiger partial charge in [0.25, 0.3) is 0 Å². The molecule has 0 aliphatic heterocycles. The second kappa shape index (κ2) is 7.56. The number of hydrogen-bond donors (Lipinski definition) is 1. The summed E-state index contributed by atoms with van der Waals surface area (Å²) in [5.41, 5.74) is 0.983. The van der Waals surface area contributed by atoms with Gasteiger partial charge in [-0.2, -0.15) is 11.8 Å². The first kappa shape index (κ1) is 14.3. The van der Waals surface area contributed by atoms with Gasteiger partial charge in [-0.3, -0.25) is 0 Å². The first-order chi connectivity index (χ1) is 8.11. The van der Waals surface area contributed by atoms with Crippen molar-refractivity contribution in [1.82, 2.24) is 0 Å². The van der Waals surface area contributed by atoms with E-state index in [0.717, 1.165) is 17.2 Å². The molecule has 1 heterocycles. The molecule has 1 unspecified atom stereocenters. The van der Waals surface area contributed by atoms with Crippen LogP contribution in [0.2, 0.25) is 0 Å². The predicted octanol–water partition coefficient (Wildman–Crippen LogP) is 4.13. The third-order valence-electron chi connectivity index (χ3n) is 2.44. The Morgan fingerprint density at radius 3 is 3.06 bits per heavy atom. The molecule has 1 aromatic heterocycles. The maximum atomic E-state index is 10.4. The van der Waals surface area contributed by atoms with Crippen LogP contribution in [0.5, 0.6) is 0 Å². The largest absolute Gasteiger partial charge is 0.478 e. The van der Waals surface area contributed by atoms with Gasteiger partial charge in [0.2, 0.25) is 0 Å². The van der Waals surface area contributed by atoms with E-state index in [0.29, 0.717) is 0 Å². The minimum absolute atomic E-state index is 0.770. The normalized spacial score (nSPS) is 13.1. The van der Waals surface area contributed by atoms with E-state index in [-0.39, 0.29) is 0 Å². The predicted molar refractivity (Wildman–Crippen MR) is 76.6 cm³/mol. The van der Waals surface area contributed by atoms with Gasteiger partial charge in [0.15, 0.2) is 0 Å². The minimum atomic E-state index is -0.899. The molecule has 1 atom stereocenters. The summed E-state index contributed by atoms with van der Waals surface area (Å²) in [5, 5.41) is 10.5. The fourth-order valence-corrected chi connectivity index (χ4v) is 3.41. The summed E-state index contributed by atoms with van der Waals surface area (Å²) in [6, 6.07) is 2.06. The van der Waals surface area contributed by atoms with E-state index in [2.05, 4.69) is 19.9 Å². The zero-order valence-electron chi connectivity index (χ0n) is 10.2. The van der Waals surface area contributed by atoms with Crippen LogP contribution >= 0.6 is 23.1 Å². The van der Waals surface area contributed by atoms with E-state index in [1.807, 2.05) is 17.1 Å². The quantitative estimate of drug-likeness (QED) is 0.757. The third-order valence-corrected chi connectivity index (χ3v) is 4.89. The Morgan fingerprint density at radius 1 is 1.65 bits per heavy atom. The molecule has 0 radical (unpaired) electrons. The number of carboxylic acids is 1. The number of thioether (sulfide) groups is 1. The van der Waals surface area contributed by atoms with Gasteiger partial charge in [0, 0.05) is 16.7 Å². The van der Waals surface area contributed by atoms with Gasteiger partial charge in [-0.05, 0) is 34.8 Å². The van der Waals surface area contributed by atoms with Crippen LogP contribution in [-0.4, -0.2) is 16.8 Å². The molecule has 0 aromatic carbocycles. The van der Waals surface area contributed by atoms with Gasteiger partial charge < -0.3 is 5.11 Å². The first-order valence-corrected chi connectivity index (χ1v) is 7.71. The van der Waals surface area contributed by atoms with Crippen LogP contribution in [0.4, 0.5) is 0 Å². The molecule has 17 heavy (non-hydrogen) atoms. The van der Waals surface area contributed by atoms with Crippen molar-refractivity contribution >= 4 is 35.1 Å². The van der Waals surface area contributed by atoms with Crippen molar-refractivity contribution in [3.05, 3.63) is 28.0 Å². The van der Waals surface area contributed by atoms with Crippen molar-refractivity contribution in [2.24, 2.45) is 5.92 Å². The van der Waals surface area contributed by atoms with Gasteiger partial charge in [-0.15, -0.1) is 11.3 Å². The lowest BCUT2D eigenvalue weighted by Crippen LogP contribution is -1.95. The highest BCUT2D eigenvalue weighted by atomic mass is 32.2. The van der Waals surface area contributed by atoms with Crippen molar-refractivity contribution in [1.29, 1.82) is 0 Å². The second-order valence-corrected chi connectivity index (χ2v) is 6.07. The van der Waals surface area contributed by atoms with Crippen LogP contribution in [0.25, 0.3) is 6.08 Å². The lowest BCUT2D eigenvalue weighted by Gasteiger charge is -2.06. The second-order valence-electron chi connectivity index (χ2n) is 4.05. The van der Waals surface area contributed by atoms with Crippen LogP contribution in [0.15, 0.2) is 17.5 Å². The zero-order chi connectivity index (χ0) is 12.7. The third kappa shape index (κ3) is 5.94. The number of hydrogen-bond acceptors (Lipinski definition) is 3. The Hall–Kier alpha value is -0.740. The van der Waals surface area contributed by atoms with Crippen LogP contribution in [0.1, 0.15) is 30.7 Å². The summed E-state index contributed by atoms with van der Waals surface area (Å²) in [5.74, 6) is 2.08. The van der Waals surface area contributed by atoms with Gasteiger partial charge in [0.05, 0.1) is 0 Å². The molecule has 1 aromatic rings. The number of rotatable bonds is 7. The molecule has 1 N–H and O–H groups in total. The van der Waals surface area contributed by atoms with Crippen molar-refractivity contribution in [2.75, 3.05) is 5.75 Å². The molecule has 0 amide bonds. The Bertz CT molecular complexity index is 383. The Labute approximate surface area is 111 Å². The Balaban J connectivity index is 2.38. The Kier molecular flexibility index (Phi) is 6.37. The summed E-state index contributed by atoms with van der Waals surface area (Å²) in [6.45, 7) is 4.48. The molecule has 0 saturated heterocycles. The highest BCUT2D eigenvalue weighted by Gasteiger charge is 2.01. The fourth-order valence-electron chi connectivity index (χ4n) is 1.21. The van der Waals surface area contributed by atoms with Crippen molar-refractivity contribution < 1.29 is 9.90 Å². The highest BCUT2D eigenvalue weighted by molar-refractivity contribution is 7.98. The van der Waals surface area contributed by atoms with E-state index < -0.39 is 5.97 Å². The van der Waals surface area contributed by atoms with Gasteiger partial charge in [0.1, 0.15) is 0 Å². The average molecular weight is 270 g/mol. The standard InChI is InChI=1S/C13H18O2S2/c1-3-10(2)7-16-9-12-6-11(8-17-12)4-5-13(14)15/h4-6,8,10H,3,7,9H2,1-2H3,(H,14,15)/b5-4+. The maximum absolute atomic E-state index is 10.4. The lowest BCUT2D eigenvalue weighted by molar-refractivity contribution is -0.131. The van der Waals surface area contributed by atoms with Crippen molar-refractivity contribution in [3.8, 4) is 0 Å². The number of carbonyl (C=O) groups is 1. The van der Waals surface area contributed by atoms with E-state index in [1.54, 1.807) is 17.4 Å². The maximum Gasteiger partial charge on any atom is 0.328 e. The number of aliphatic carboxylic acids is 1. The minimum Gasteiger partial charge on any atom is -0.478 e. The molecule has 0 spiro atoms. The molecule has 0 bridgehead atoms. The summed E-state index contributed by atoms with van der Waals surface area (Å²) in [7, 11) is 0. The Morgan fingerprint density at radius 2 is 2.41 bits per heavy atom. The number of thiophene rings is 1. The van der Waals surface area contributed by atoms with E-state index in [4.69, 9.17) is 5.11 Å². The van der Waals surface area contributed by atoms with Crippen LogP contribution in [-0.2, 0) is 10.5 Å². The van der Waals surface area contributed by atoms with Crippen LogP contribution in [0.3, 0.4) is 0 Å². The van der Waals surface area contributed by atoms with Crippen molar-refractivity contribution in [3.63, 3.8) is 0 Å². The molecule has 0 saturated carbocycles. The molecule has 0 fully saturated rings. The summed E-state index contributed by atoms with van der Waals surface area (Å²) >= 11 is 3.64. The highest BCUT2D eigenvalue weighted by Crippen LogP contribution is 2.23. The van der Waals surface area contributed by atoms with Gasteiger partial charge in [-0.25, -0.2) is 4.79 Å². The first-order valence-electron chi connectivity index (χ1n) is 5.68. The summed E-state index contributed by atoms with van der Waals surface area (Å²) < 4.78 is 0. The monoisotopic (exact) mass is 270 g/mol. The van der Waals surface area contributed by atoms with Crippen LogP contribution in [0, 0.1) is 5.92 Å². The smallest absolute Gasteiger partial charge is 0.328 e. The average Bonchev–Trinajstić information content (AvgIpc) is 2.74. The summed E-state index contributed by atoms with van der Waals surface area (Å²) in [6.07, 6.45) is 4.05. The molecule has 0 aliphatic rings. The van der Waals surface area contributed by atoms with Crippen LogP contribution < -0.4 is 0 Å². The molecule has 4 heteroatoms. The van der Waals surface area contributed by atoms with Gasteiger partial charge >= 0.3 is 5.97 Å². The molecule has 94 valence electrons. The molecule has 0 aliphatic carbocycles. The summed E-state index contributed by atoms with van der Waals surface area (Å²) in [4.78, 5) is 11.7. The molecule has 1 rings (SSSR count). The molecular formula is C13H18O2S2. The molecular weight excluding hydrogens is 252 g/mol. The van der Waals surface area contributed by atoms with E-state index in [1.165, 1.54) is 23.1 Å². The van der Waals surface area contributed by atoms with E-state index in [9.17, 15) is 4.79 Å². The zero-order valence-corrected chi connectivity index (χ0v) is 11.8. The van der Waals surface area contributed by atoms with Crippen molar-refractivity contribution in [2.45, 2.75) is 26.0 Å². The lowest BCUT2D eigenvalue weighted by atomic mass is 10.2. The SMILES string of the molecule is CCC(C)CSCc1cc(/C=C/C(=O)O)cs1. The fraction of sp³-hybridized carbons (Fsp3) is 0.462. The topological polar surface area (TPSA) is 37.3 Å².